The lowest BCUT2D eigenvalue weighted by Crippen LogP contribution is -2.36. The van der Waals surface area contributed by atoms with Gasteiger partial charge in [-0.15, -0.1) is 11.6 Å². The number of nitrogens with zero attached hydrogens (tertiary/aromatic N) is 1. The zero-order valence-corrected chi connectivity index (χ0v) is 14.1. The lowest BCUT2D eigenvalue weighted by Gasteiger charge is -2.26. The highest BCUT2D eigenvalue weighted by atomic mass is 35.5. The highest BCUT2D eigenvalue weighted by molar-refractivity contribution is 7.89. The summed E-state index contributed by atoms with van der Waals surface area (Å²) in [7, 11) is -2.74. The van der Waals surface area contributed by atoms with Crippen molar-refractivity contribution in [1.82, 2.24) is 4.31 Å². The minimum Gasteiger partial charge on any atom is -0.207 e. The van der Waals surface area contributed by atoms with Gasteiger partial charge in [0, 0.05) is 19.0 Å². The van der Waals surface area contributed by atoms with Crippen molar-refractivity contribution in [2.45, 2.75) is 44.0 Å². The molecule has 7 heteroatoms. The molecular formula is C14H20ClF2NO2S. The van der Waals surface area contributed by atoms with E-state index < -0.39 is 26.6 Å². The van der Waals surface area contributed by atoms with Gasteiger partial charge in [0.2, 0.25) is 10.0 Å². The molecule has 0 amide bonds. The summed E-state index contributed by atoms with van der Waals surface area (Å²) in [4.78, 5) is -0.670. The van der Waals surface area contributed by atoms with Crippen LogP contribution < -0.4 is 0 Å². The summed E-state index contributed by atoms with van der Waals surface area (Å²) in [5.74, 6) is -2.39. The molecule has 21 heavy (non-hydrogen) atoms. The minimum absolute atomic E-state index is 0.0923. The maximum atomic E-state index is 13.9. The molecule has 0 radical (unpaired) electrons. The molecule has 0 aromatic heterocycles. The van der Waals surface area contributed by atoms with Crippen molar-refractivity contribution < 1.29 is 17.2 Å². The first kappa shape index (κ1) is 18.3. The van der Waals surface area contributed by atoms with Crippen LogP contribution in [0.5, 0.6) is 0 Å². The van der Waals surface area contributed by atoms with Crippen LogP contribution in [0.15, 0.2) is 17.0 Å². The third-order valence-electron chi connectivity index (χ3n) is 3.30. The van der Waals surface area contributed by atoms with Crippen molar-refractivity contribution in [3.05, 3.63) is 29.3 Å². The second-order valence-corrected chi connectivity index (χ2v) is 7.76. The van der Waals surface area contributed by atoms with Crippen LogP contribution in [-0.2, 0) is 15.9 Å². The van der Waals surface area contributed by atoms with Crippen molar-refractivity contribution >= 4 is 21.6 Å². The maximum absolute atomic E-state index is 13.9. The second kappa shape index (κ2) is 7.03. The molecule has 1 rings (SSSR count). The predicted octanol–water partition coefficient (Wildman–Crippen LogP) is 3.76. The van der Waals surface area contributed by atoms with E-state index in [4.69, 9.17) is 11.6 Å². The monoisotopic (exact) mass is 339 g/mol. The van der Waals surface area contributed by atoms with E-state index in [0.29, 0.717) is 6.42 Å². The van der Waals surface area contributed by atoms with Crippen LogP contribution in [0, 0.1) is 17.6 Å². The van der Waals surface area contributed by atoms with Gasteiger partial charge in [0.25, 0.3) is 0 Å². The van der Waals surface area contributed by atoms with Gasteiger partial charge in [-0.3, -0.25) is 0 Å². The Morgan fingerprint density at radius 1 is 1.24 bits per heavy atom. The third kappa shape index (κ3) is 4.14. The third-order valence-corrected chi connectivity index (χ3v) is 5.58. The highest BCUT2D eigenvalue weighted by Gasteiger charge is 2.30. The Balaban J connectivity index is 3.27. The van der Waals surface area contributed by atoms with E-state index in [1.54, 1.807) is 6.92 Å². The van der Waals surface area contributed by atoms with Crippen LogP contribution in [0.25, 0.3) is 0 Å². The standard InChI is InChI=1S/C14H20ClF2NO2S/c1-9(2)5-10(3)18(4)21(19,20)13-7-11(8-15)6-12(16)14(13)17/h6-7,9-10H,5,8H2,1-4H3. The van der Waals surface area contributed by atoms with Crippen molar-refractivity contribution in [2.75, 3.05) is 7.05 Å². The summed E-state index contributed by atoms with van der Waals surface area (Å²) in [6.07, 6.45) is 0.620. The molecule has 1 aromatic carbocycles. The van der Waals surface area contributed by atoms with Crippen LogP contribution in [0.4, 0.5) is 8.78 Å². The van der Waals surface area contributed by atoms with Gasteiger partial charge in [-0.1, -0.05) is 13.8 Å². The molecular weight excluding hydrogens is 320 g/mol. The Morgan fingerprint density at radius 2 is 1.81 bits per heavy atom. The molecule has 0 aliphatic rings. The van der Waals surface area contributed by atoms with Crippen LogP contribution in [0.1, 0.15) is 32.8 Å². The van der Waals surface area contributed by atoms with Gasteiger partial charge in [-0.25, -0.2) is 17.2 Å². The molecule has 0 spiro atoms. The Hall–Kier alpha value is -0.720. The smallest absolute Gasteiger partial charge is 0.207 e. The van der Waals surface area contributed by atoms with E-state index >= 15 is 0 Å². The molecule has 0 saturated carbocycles. The van der Waals surface area contributed by atoms with E-state index in [-0.39, 0.29) is 23.4 Å². The SMILES string of the molecule is CC(C)CC(C)N(C)S(=O)(=O)c1cc(CCl)cc(F)c1F. The van der Waals surface area contributed by atoms with Crippen molar-refractivity contribution in [3.63, 3.8) is 0 Å². The molecule has 0 aliphatic carbocycles. The number of halogens is 3. The van der Waals surface area contributed by atoms with Gasteiger partial charge in [0.05, 0.1) is 0 Å². The number of hydrogen-bond acceptors (Lipinski definition) is 2. The zero-order chi connectivity index (χ0) is 16.4. The van der Waals surface area contributed by atoms with Crippen LogP contribution in [0.2, 0.25) is 0 Å². The topological polar surface area (TPSA) is 37.4 Å². The first-order chi connectivity index (χ1) is 9.61. The average molecular weight is 340 g/mol. The van der Waals surface area contributed by atoms with Crippen LogP contribution >= 0.6 is 11.6 Å². The van der Waals surface area contributed by atoms with Gasteiger partial charge in [-0.2, -0.15) is 4.31 Å². The summed E-state index contributed by atoms with van der Waals surface area (Å²) < 4.78 is 53.4. The number of alkyl halides is 1. The second-order valence-electron chi connectivity index (χ2n) is 5.52. The number of hydrogen-bond donors (Lipinski definition) is 0. The highest BCUT2D eigenvalue weighted by Crippen LogP contribution is 2.25. The van der Waals surface area contributed by atoms with Gasteiger partial charge in [0.1, 0.15) is 4.90 Å². The molecule has 3 nitrogen and oxygen atoms in total. The van der Waals surface area contributed by atoms with Gasteiger partial charge in [0.15, 0.2) is 11.6 Å². The lowest BCUT2D eigenvalue weighted by atomic mass is 10.1. The number of rotatable bonds is 6. The molecule has 0 bridgehead atoms. The Kier molecular flexibility index (Phi) is 6.13. The zero-order valence-electron chi connectivity index (χ0n) is 12.5. The van der Waals surface area contributed by atoms with E-state index in [2.05, 4.69) is 0 Å². The van der Waals surface area contributed by atoms with Crippen molar-refractivity contribution in [1.29, 1.82) is 0 Å². The molecule has 1 unspecified atom stereocenters. The average Bonchev–Trinajstić information content (AvgIpc) is 2.39. The van der Waals surface area contributed by atoms with E-state index in [1.807, 2.05) is 13.8 Å². The van der Waals surface area contributed by atoms with Gasteiger partial charge in [-0.05, 0) is 37.0 Å². The fourth-order valence-electron chi connectivity index (χ4n) is 2.10. The van der Waals surface area contributed by atoms with E-state index in [1.165, 1.54) is 7.05 Å². The number of sulfonamides is 1. The lowest BCUT2D eigenvalue weighted by molar-refractivity contribution is 0.335. The molecule has 1 atom stereocenters. The fraction of sp³-hybridized carbons (Fsp3) is 0.571. The first-order valence-corrected chi connectivity index (χ1v) is 8.60. The Bertz CT molecular complexity index is 605. The summed E-state index contributed by atoms with van der Waals surface area (Å²) >= 11 is 5.59. The van der Waals surface area contributed by atoms with Gasteiger partial charge >= 0.3 is 0 Å². The summed E-state index contributed by atoms with van der Waals surface area (Å²) in [6.45, 7) is 5.66. The molecule has 120 valence electrons. The van der Waals surface area contributed by atoms with E-state index in [0.717, 1.165) is 16.4 Å². The Labute approximate surface area is 130 Å². The summed E-state index contributed by atoms with van der Waals surface area (Å²) in [6, 6.07) is 1.66. The first-order valence-electron chi connectivity index (χ1n) is 6.63. The predicted molar refractivity (Wildman–Crippen MR) is 79.8 cm³/mol. The van der Waals surface area contributed by atoms with Crippen LogP contribution in [-0.4, -0.2) is 25.8 Å². The molecule has 0 N–H and O–H groups in total. The normalized spacial score (nSPS) is 14.0. The van der Waals surface area contributed by atoms with Crippen LogP contribution in [0.3, 0.4) is 0 Å². The van der Waals surface area contributed by atoms with Gasteiger partial charge < -0.3 is 0 Å². The largest absolute Gasteiger partial charge is 0.246 e. The van der Waals surface area contributed by atoms with Crippen molar-refractivity contribution in [3.8, 4) is 0 Å². The van der Waals surface area contributed by atoms with E-state index in [9.17, 15) is 17.2 Å². The molecule has 0 saturated heterocycles. The number of benzene rings is 1. The Morgan fingerprint density at radius 3 is 2.29 bits per heavy atom. The van der Waals surface area contributed by atoms with Crippen molar-refractivity contribution in [2.24, 2.45) is 5.92 Å². The molecule has 0 aliphatic heterocycles. The maximum Gasteiger partial charge on any atom is 0.246 e. The summed E-state index contributed by atoms with van der Waals surface area (Å²) in [5, 5.41) is 0. The summed E-state index contributed by atoms with van der Waals surface area (Å²) in [5.41, 5.74) is 0.221. The molecule has 1 aromatic rings. The quantitative estimate of drug-likeness (QED) is 0.740. The molecule has 0 heterocycles. The molecule has 0 fully saturated rings. The minimum atomic E-state index is -4.11. The fourth-order valence-corrected chi connectivity index (χ4v) is 3.75.